The van der Waals surface area contributed by atoms with Crippen molar-refractivity contribution in [3.63, 3.8) is 0 Å². The maximum Gasteiger partial charge on any atom is 0.270 e. The lowest BCUT2D eigenvalue weighted by Gasteiger charge is -1.99. The van der Waals surface area contributed by atoms with Gasteiger partial charge in [-0.1, -0.05) is 12.1 Å². The Labute approximate surface area is 119 Å². The number of carbonyl (C=O) groups is 1. The molecule has 1 aliphatic carbocycles. The van der Waals surface area contributed by atoms with E-state index in [1.807, 2.05) is 0 Å². The van der Waals surface area contributed by atoms with Crippen LogP contribution in [-0.2, 0) is 11.2 Å². The van der Waals surface area contributed by atoms with Crippen molar-refractivity contribution in [1.29, 1.82) is 0 Å². The summed E-state index contributed by atoms with van der Waals surface area (Å²) in [5.41, 5.74) is 0.514. The van der Waals surface area contributed by atoms with Gasteiger partial charge in [-0.05, 0) is 12.8 Å². The predicted molar refractivity (Wildman–Crippen MR) is 73.3 cm³/mol. The minimum absolute atomic E-state index is 0.0228. The molecule has 0 saturated heterocycles. The molecule has 1 fully saturated rings. The molecule has 0 unspecified atom stereocenters. The number of non-ortho nitro benzene ring substituents is 1. The molecule has 8 heteroatoms. The highest BCUT2D eigenvalue weighted by atomic mass is 16.6. The number of amides is 1. The van der Waals surface area contributed by atoms with Crippen LogP contribution in [0.5, 0.6) is 0 Å². The van der Waals surface area contributed by atoms with Crippen molar-refractivity contribution >= 4 is 11.6 Å². The van der Waals surface area contributed by atoms with Gasteiger partial charge < -0.3 is 5.32 Å². The quantitative estimate of drug-likeness (QED) is 0.633. The molecule has 8 nitrogen and oxygen atoms in total. The van der Waals surface area contributed by atoms with Crippen LogP contribution in [0.15, 0.2) is 24.3 Å². The van der Waals surface area contributed by atoms with E-state index in [1.54, 1.807) is 12.1 Å². The number of nitro benzene ring substituents is 1. The van der Waals surface area contributed by atoms with Crippen molar-refractivity contribution in [3.05, 3.63) is 40.2 Å². The summed E-state index contributed by atoms with van der Waals surface area (Å²) < 4.78 is 0. The van der Waals surface area contributed by atoms with Crippen molar-refractivity contribution in [1.82, 2.24) is 20.5 Å². The van der Waals surface area contributed by atoms with Gasteiger partial charge in [-0.2, -0.15) is 5.10 Å². The maximum atomic E-state index is 11.7. The summed E-state index contributed by atoms with van der Waals surface area (Å²) in [7, 11) is 0. The highest BCUT2D eigenvalue weighted by Gasteiger charge is 2.23. The lowest BCUT2D eigenvalue weighted by Crippen LogP contribution is -2.27. The first kappa shape index (κ1) is 13.2. The predicted octanol–water partition coefficient (Wildman–Crippen LogP) is 1.20. The fourth-order valence-corrected chi connectivity index (χ4v) is 1.92. The van der Waals surface area contributed by atoms with Gasteiger partial charge in [0.05, 0.1) is 11.3 Å². The number of hydrogen-bond acceptors (Lipinski definition) is 5. The van der Waals surface area contributed by atoms with Crippen LogP contribution in [0.1, 0.15) is 18.7 Å². The van der Waals surface area contributed by atoms with Gasteiger partial charge in [0, 0.05) is 23.7 Å². The third-order valence-corrected chi connectivity index (χ3v) is 3.12. The van der Waals surface area contributed by atoms with Gasteiger partial charge in [0.1, 0.15) is 5.82 Å². The number of nitrogens with zero attached hydrogens (tertiary/aromatic N) is 3. The summed E-state index contributed by atoms with van der Waals surface area (Å²) in [5.74, 6) is 0.682. The number of H-pyrrole nitrogens is 1. The van der Waals surface area contributed by atoms with Crippen molar-refractivity contribution < 1.29 is 9.72 Å². The monoisotopic (exact) mass is 287 g/mol. The van der Waals surface area contributed by atoms with Gasteiger partial charge in [0.2, 0.25) is 5.91 Å². The van der Waals surface area contributed by atoms with Gasteiger partial charge in [-0.3, -0.25) is 20.0 Å². The second kappa shape index (κ2) is 5.31. The van der Waals surface area contributed by atoms with E-state index in [4.69, 9.17) is 0 Å². The van der Waals surface area contributed by atoms with E-state index >= 15 is 0 Å². The van der Waals surface area contributed by atoms with Crippen molar-refractivity contribution in [2.24, 2.45) is 0 Å². The summed E-state index contributed by atoms with van der Waals surface area (Å²) in [5, 5.41) is 20.3. The summed E-state index contributed by atoms with van der Waals surface area (Å²) in [6.45, 7) is 0. The number of hydrogen-bond donors (Lipinski definition) is 2. The second-order valence-corrected chi connectivity index (χ2v) is 4.93. The Bertz CT molecular complexity index is 693. The summed E-state index contributed by atoms with van der Waals surface area (Å²) in [4.78, 5) is 26.1. The largest absolute Gasteiger partial charge is 0.353 e. The molecule has 0 aliphatic heterocycles. The highest BCUT2D eigenvalue weighted by Crippen LogP contribution is 2.21. The molecule has 1 aromatic carbocycles. The zero-order valence-electron chi connectivity index (χ0n) is 11.1. The van der Waals surface area contributed by atoms with E-state index in [2.05, 4.69) is 20.5 Å². The molecule has 1 aromatic heterocycles. The molecular weight excluding hydrogens is 274 g/mol. The van der Waals surface area contributed by atoms with E-state index in [-0.39, 0.29) is 18.0 Å². The van der Waals surface area contributed by atoms with Crippen LogP contribution in [0.4, 0.5) is 5.69 Å². The number of aromatic nitrogens is 3. The Kier molecular flexibility index (Phi) is 3.35. The Balaban J connectivity index is 1.73. The summed E-state index contributed by atoms with van der Waals surface area (Å²) in [6.07, 6.45) is 2.18. The first-order valence-electron chi connectivity index (χ1n) is 6.57. The Morgan fingerprint density at radius 3 is 3.00 bits per heavy atom. The minimum atomic E-state index is -0.472. The zero-order chi connectivity index (χ0) is 14.8. The first-order chi connectivity index (χ1) is 10.1. The molecule has 21 heavy (non-hydrogen) atoms. The third kappa shape index (κ3) is 3.22. The summed E-state index contributed by atoms with van der Waals surface area (Å²) >= 11 is 0. The molecule has 1 aliphatic rings. The lowest BCUT2D eigenvalue weighted by molar-refractivity contribution is -0.384. The SMILES string of the molecule is O=C(Cc1nc(-c2cccc([N+](=O)[O-])c2)n[nH]1)NC1CC1. The lowest BCUT2D eigenvalue weighted by atomic mass is 10.2. The molecule has 2 aromatic rings. The average molecular weight is 287 g/mol. The van der Waals surface area contributed by atoms with Gasteiger partial charge in [0.25, 0.3) is 5.69 Å². The van der Waals surface area contributed by atoms with E-state index in [0.29, 0.717) is 23.3 Å². The fourth-order valence-electron chi connectivity index (χ4n) is 1.92. The number of carbonyl (C=O) groups excluding carboxylic acids is 1. The molecule has 1 amide bonds. The number of nitrogens with one attached hydrogen (secondary N) is 2. The Hall–Kier alpha value is -2.77. The van der Waals surface area contributed by atoms with Crippen LogP contribution in [0.3, 0.4) is 0 Å². The van der Waals surface area contributed by atoms with Crippen LogP contribution < -0.4 is 5.32 Å². The van der Waals surface area contributed by atoms with E-state index in [9.17, 15) is 14.9 Å². The highest BCUT2D eigenvalue weighted by molar-refractivity contribution is 5.78. The number of benzene rings is 1. The van der Waals surface area contributed by atoms with Crippen molar-refractivity contribution in [2.75, 3.05) is 0 Å². The average Bonchev–Trinajstić information content (AvgIpc) is 3.14. The smallest absolute Gasteiger partial charge is 0.270 e. The molecule has 2 N–H and O–H groups in total. The second-order valence-electron chi connectivity index (χ2n) is 4.93. The zero-order valence-corrected chi connectivity index (χ0v) is 11.1. The minimum Gasteiger partial charge on any atom is -0.353 e. The molecule has 3 rings (SSSR count). The van der Waals surface area contributed by atoms with Crippen LogP contribution in [0.25, 0.3) is 11.4 Å². The Morgan fingerprint density at radius 1 is 1.48 bits per heavy atom. The fraction of sp³-hybridized carbons (Fsp3) is 0.308. The van der Waals surface area contributed by atoms with Gasteiger partial charge in [-0.25, -0.2) is 4.98 Å². The molecule has 1 heterocycles. The third-order valence-electron chi connectivity index (χ3n) is 3.12. The molecule has 0 atom stereocenters. The van der Waals surface area contributed by atoms with Gasteiger partial charge >= 0.3 is 0 Å². The molecule has 0 spiro atoms. The van der Waals surface area contributed by atoms with Crippen LogP contribution in [-0.4, -0.2) is 32.1 Å². The van der Waals surface area contributed by atoms with E-state index in [1.165, 1.54) is 12.1 Å². The normalized spacial score (nSPS) is 13.9. The van der Waals surface area contributed by atoms with Crippen molar-refractivity contribution in [2.45, 2.75) is 25.3 Å². The number of nitro groups is 1. The topological polar surface area (TPSA) is 114 Å². The van der Waals surface area contributed by atoms with Crippen LogP contribution in [0, 0.1) is 10.1 Å². The van der Waals surface area contributed by atoms with E-state index < -0.39 is 4.92 Å². The van der Waals surface area contributed by atoms with E-state index in [0.717, 1.165) is 12.8 Å². The van der Waals surface area contributed by atoms with Gasteiger partial charge in [-0.15, -0.1) is 0 Å². The van der Waals surface area contributed by atoms with Crippen LogP contribution in [0.2, 0.25) is 0 Å². The molecule has 108 valence electrons. The number of aromatic amines is 1. The first-order valence-corrected chi connectivity index (χ1v) is 6.57. The molecule has 0 bridgehead atoms. The molecular formula is C13H13N5O3. The number of rotatable bonds is 5. The van der Waals surface area contributed by atoms with Crippen molar-refractivity contribution in [3.8, 4) is 11.4 Å². The van der Waals surface area contributed by atoms with Gasteiger partial charge in [0.15, 0.2) is 5.82 Å². The molecule has 1 saturated carbocycles. The maximum absolute atomic E-state index is 11.7. The van der Waals surface area contributed by atoms with Crippen LogP contribution >= 0.6 is 0 Å². The summed E-state index contributed by atoms with van der Waals surface area (Å²) in [6, 6.07) is 6.36. The Morgan fingerprint density at radius 2 is 2.29 bits per heavy atom. The molecule has 0 radical (unpaired) electrons. The standard InChI is InChI=1S/C13H13N5O3/c19-12(14-9-4-5-9)7-11-15-13(17-16-11)8-2-1-3-10(6-8)18(20)21/h1-3,6,9H,4-5,7H2,(H,14,19)(H,15,16,17).